The molecule has 2 aromatic heterocycles. The maximum atomic E-state index is 16.1. The van der Waals surface area contributed by atoms with E-state index in [-0.39, 0.29) is 17.5 Å². The highest BCUT2D eigenvalue weighted by Crippen LogP contribution is 2.40. The SMILES string of the molecule is COc1ccccc1-c1cc(C2=CCCN(C=O)C2)c(F)c2[nH]c(C(=O)N3CC(Oc4cccnc4)C3)cc12. The Morgan fingerprint density at radius 3 is 2.74 bits per heavy atom. The lowest BCUT2D eigenvalue weighted by atomic mass is 9.93. The van der Waals surface area contributed by atoms with E-state index in [2.05, 4.69) is 9.97 Å². The summed E-state index contributed by atoms with van der Waals surface area (Å²) in [5.74, 6) is 0.605. The topological polar surface area (TPSA) is 87.8 Å². The van der Waals surface area contributed by atoms with Gasteiger partial charge in [-0.15, -0.1) is 0 Å². The lowest BCUT2D eigenvalue weighted by molar-refractivity contribution is -0.117. The van der Waals surface area contributed by atoms with Gasteiger partial charge in [-0.3, -0.25) is 14.6 Å². The Morgan fingerprint density at radius 1 is 1.13 bits per heavy atom. The van der Waals surface area contributed by atoms with Gasteiger partial charge in [-0.25, -0.2) is 4.39 Å². The number of hydrogen-bond donors (Lipinski definition) is 1. The van der Waals surface area contributed by atoms with E-state index in [1.54, 1.807) is 47.5 Å². The number of carbonyl (C=O) groups is 2. The average Bonchev–Trinajstić information content (AvgIpc) is 3.41. The van der Waals surface area contributed by atoms with Crippen molar-refractivity contribution < 1.29 is 23.5 Å². The number of aromatic amines is 1. The summed E-state index contributed by atoms with van der Waals surface area (Å²) in [7, 11) is 1.59. The van der Waals surface area contributed by atoms with Gasteiger partial charge in [0, 0.05) is 35.8 Å². The molecule has 9 heteroatoms. The molecule has 2 aromatic carbocycles. The second kappa shape index (κ2) is 10.2. The van der Waals surface area contributed by atoms with Gasteiger partial charge in [0.05, 0.1) is 31.9 Å². The zero-order valence-electron chi connectivity index (χ0n) is 21.4. The summed E-state index contributed by atoms with van der Waals surface area (Å²) in [6.07, 6.45) is 6.57. The zero-order chi connectivity index (χ0) is 26.9. The molecule has 1 N–H and O–H groups in total. The van der Waals surface area contributed by atoms with Gasteiger partial charge in [0.15, 0.2) is 5.82 Å². The standard InChI is InChI=1S/C30H27FN4O4/c1-38-27-9-3-2-8-22(27)24-12-23(19-6-5-11-34(15-19)18-36)28(31)29-25(24)13-26(33-29)30(37)35-16-21(17-35)39-20-7-4-10-32-14-20/h2-4,6-10,12-14,18,21,33H,5,11,15-17H2,1H3. The number of carbonyl (C=O) groups excluding carboxylic acids is 2. The molecule has 0 unspecified atom stereocenters. The highest BCUT2D eigenvalue weighted by atomic mass is 19.1. The smallest absolute Gasteiger partial charge is 0.270 e. The molecule has 8 nitrogen and oxygen atoms in total. The third kappa shape index (κ3) is 4.60. The number of nitrogens with zero attached hydrogens (tertiary/aromatic N) is 3. The van der Waals surface area contributed by atoms with Crippen LogP contribution in [-0.2, 0) is 4.79 Å². The molecule has 0 radical (unpaired) electrons. The molecule has 0 saturated carbocycles. The van der Waals surface area contributed by atoms with Crippen LogP contribution in [0.5, 0.6) is 11.5 Å². The second-order valence-corrected chi connectivity index (χ2v) is 9.69. The molecule has 2 aliphatic rings. The van der Waals surface area contributed by atoms with Gasteiger partial charge in [-0.05, 0) is 47.9 Å². The van der Waals surface area contributed by atoms with Gasteiger partial charge in [0.2, 0.25) is 6.41 Å². The summed E-state index contributed by atoms with van der Waals surface area (Å²) in [5, 5.41) is 0.580. The Morgan fingerprint density at radius 2 is 1.97 bits per heavy atom. The number of pyridine rings is 1. The van der Waals surface area contributed by atoms with Gasteiger partial charge >= 0.3 is 0 Å². The van der Waals surface area contributed by atoms with Crippen LogP contribution in [0.1, 0.15) is 22.5 Å². The van der Waals surface area contributed by atoms with E-state index in [4.69, 9.17) is 9.47 Å². The first-order valence-corrected chi connectivity index (χ1v) is 12.8. The number of para-hydroxylation sites is 1. The summed E-state index contributed by atoms with van der Waals surface area (Å²) >= 11 is 0. The minimum absolute atomic E-state index is 0.131. The van der Waals surface area contributed by atoms with Crippen molar-refractivity contribution in [3.8, 4) is 22.6 Å². The number of halogens is 1. The van der Waals surface area contributed by atoms with Gasteiger partial charge in [0.1, 0.15) is 23.3 Å². The van der Waals surface area contributed by atoms with E-state index in [0.29, 0.717) is 60.7 Å². The van der Waals surface area contributed by atoms with Crippen molar-refractivity contribution in [2.75, 3.05) is 33.3 Å². The molecule has 0 aliphatic carbocycles. The van der Waals surface area contributed by atoms with Crippen molar-refractivity contribution in [3.05, 3.63) is 84.1 Å². The van der Waals surface area contributed by atoms with Crippen LogP contribution in [0, 0.1) is 5.82 Å². The van der Waals surface area contributed by atoms with Crippen LogP contribution in [0.4, 0.5) is 4.39 Å². The molecule has 0 atom stereocenters. The molecule has 1 saturated heterocycles. The van der Waals surface area contributed by atoms with Crippen LogP contribution in [0.25, 0.3) is 27.6 Å². The van der Waals surface area contributed by atoms with Crippen LogP contribution >= 0.6 is 0 Å². The molecule has 2 amide bonds. The highest BCUT2D eigenvalue weighted by Gasteiger charge is 2.34. The fraction of sp³-hybridized carbons (Fsp3) is 0.233. The van der Waals surface area contributed by atoms with Crippen molar-refractivity contribution in [3.63, 3.8) is 0 Å². The van der Waals surface area contributed by atoms with Crippen LogP contribution in [0.3, 0.4) is 0 Å². The Hall–Kier alpha value is -4.66. The molecule has 4 aromatic rings. The third-order valence-corrected chi connectivity index (χ3v) is 7.23. The molecule has 0 bridgehead atoms. The van der Waals surface area contributed by atoms with E-state index in [1.165, 1.54) is 0 Å². The van der Waals surface area contributed by atoms with Gasteiger partial charge in [-0.1, -0.05) is 24.3 Å². The highest BCUT2D eigenvalue weighted by molar-refractivity contribution is 6.05. The Labute approximate surface area is 224 Å². The number of benzene rings is 2. The normalized spacial score (nSPS) is 15.6. The number of aromatic nitrogens is 2. The number of nitrogens with one attached hydrogen (secondary N) is 1. The zero-order valence-corrected chi connectivity index (χ0v) is 21.4. The van der Waals surface area contributed by atoms with Crippen LogP contribution in [0.2, 0.25) is 0 Å². The summed E-state index contributed by atoms with van der Waals surface area (Å²) in [4.78, 5) is 35.2. The number of rotatable bonds is 7. The van der Waals surface area contributed by atoms with Gasteiger partial charge in [0.25, 0.3) is 5.91 Å². The molecular formula is C30H27FN4O4. The van der Waals surface area contributed by atoms with E-state index >= 15 is 4.39 Å². The van der Waals surface area contributed by atoms with Crippen LogP contribution in [-0.4, -0.2) is 71.5 Å². The lowest BCUT2D eigenvalue weighted by Crippen LogP contribution is -2.56. The summed E-state index contributed by atoms with van der Waals surface area (Å²) in [6.45, 7) is 1.75. The number of likely N-dealkylation sites (tertiary alicyclic amines) is 1. The maximum Gasteiger partial charge on any atom is 0.270 e. The summed E-state index contributed by atoms with van der Waals surface area (Å²) in [6, 6.07) is 14.6. The Bertz CT molecular complexity index is 1580. The molecule has 1 fully saturated rings. The van der Waals surface area contributed by atoms with Gasteiger partial charge in [-0.2, -0.15) is 0 Å². The molecule has 39 heavy (non-hydrogen) atoms. The number of ether oxygens (including phenoxy) is 2. The number of fused-ring (bicyclic) bond motifs is 1. The largest absolute Gasteiger partial charge is 0.496 e. The van der Waals surface area contributed by atoms with Gasteiger partial charge < -0.3 is 24.3 Å². The fourth-order valence-electron chi connectivity index (χ4n) is 5.21. The lowest BCUT2D eigenvalue weighted by Gasteiger charge is -2.38. The predicted octanol–water partition coefficient (Wildman–Crippen LogP) is 4.53. The van der Waals surface area contributed by atoms with Crippen LogP contribution < -0.4 is 9.47 Å². The average molecular weight is 527 g/mol. The van der Waals surface area contributed by atoms with Crippen LogP contribution in [0.15, 0.2) is 67.0 Å². The van der Waals surface area contributed by atoms with E-state index < -0.39 is 5.82 Å². The van der Waals surface area contributed by atoms with Crippen molar-refractivity contribution in [1.29, 1.82) is 0 Å². The number of amides is 2. The van der Waals surface area contributed by atoms with E-state index in [1.807, 2.05) is 36.4 Å². The molecular weight excluding hydrogens is 499 g/mol. The number of hydrogen-bond acceptors (Lipinski definition) is 5. The minimum atomic E-state index is -0.455. The van der Waals surface area contributed by atoms with Crippen molar-refractivity contribution in [2.45, 2.75) is 12.5 Å². The van der Waals surface area contributed by atoms with E-state index in [0.717, 1.165) is 23.1 Å². The Balaban J connectivity index is 1.37. The molecule has 2 aliphatic heterocycles. The Kier molecular flexibility index (Phi) is 6.48. The molecule has 6 rings (SSSR count). The molecule has 4 heterocycles. The van der Waals surface area contributed by atoms with Crippen molar-refractivity contribution in [1.82, 2.24) is 19.8 Å². The molecule has 0 spiro atoms. The fourth-order valence-corrected chi connectivity index (χ4v) is 5.21. The van der Waals surface area contributed by atoms with Crippen molar-refractivity contribution in [2.24, 2.45) is 0 Å². The summed E-state index contributed by atoms with van der Waals surface area (Å²) in [5.41, 5.74) is 3.17. The minimum Gasteiger partial charge on any atom is -0.496 e. The van der Waals surface area contributed by atoms with Crippen molar-refractivity contribution >= 4 is 28.8 Å². The number of methoxy groups -OCH3 is 1. The molecule has 198 valence electrons. The summed E-state index contributed by atoms with van der Waals surface area (Å²) < 4.78 is 27.6. The third-order valence-electron chi connectivity index (χ3n) is 7.23. The monoisotopic (exact) mass is 526 g/mol. The first kappa shape index (κ1) is 24.7. The maximum absolute atomic E-state index is 16.1. The first-order chi connectivity index (χ1) is 19.1. The predicted molar refractivity (Wildman–Crippen MR) is 145 cm³/mol. The van der Waals surface area contributed by atoms with E-state index in [9.17, 15) is 9.59 Å². The number of H-pyrrole nitrogens is 1. The first-order valence-electron chi connectivity index (χ1n) is 12.8. The quantitative estimate of drug-likeness (QED) is 0.358. The second-order valence-electron chi connectivity index (χ2n) is 9.69.